The molecule has 0 heterocycles. The summed E-state index contributed by atoms with van der Waals surface area (Å²) in [5.41, 5.74) is 5.75. The lowest BCUT2D eigenvalue weighted by Crippen LogP contribution is -2.18. The zero-order valence-electron chi connectivity index (χ0n) is 9.59. The summed E-state index contributed by atoms with van der Waals surface area (Å²) in [5, 5.41) is 0. The molecule has 0 saturated carbocycles. The highest BCUT2D eigenvalue weighted by molar-refractivity contribution is 5.35. The zero-order chi connectivity index (χ0) is 13.0. The largest absolute Gasteiger partial charge is 0.457 e. The molecule has 0 fully saturated rings. The standard InChI is InChI=1S/C14H13F2NO/c15-14(16)13(17)10-5-4-8-12(9-10)18-11-6-2-1-3-7-11/h1-9,13-14H,17H2. The second-order valence-corrected chi connectivity index (χ2v) is 3.85. The maximum absolute atomic E-state index is 12.5. The summed E-state index contributed by atoms with van der Waals surface area (Å²) in [7, 11) is 0. The summed E-state index contributed by atoms with van der Waals surface area (Å²) in [4.78, 5) is 0. The first-order valence-electron chi connectivity index (χ1n) is 5.53. The molecule has 0 spiro atoms. The number of hydrogen-bond acceptors (Lipinski definition) is 2. The Bertz CT molecular complexity index is 502. The molecule has 0 aliphatic carbocycles. The van der Waals surface area contributed by atoms with Crippen molar-refractivity contribution in [3.63, 3.8) is 0 Å². The fourth-order valence-corrected chi connectivity index (χ4v) is 1.56. The van der Waals surface area contributed by atoms with Crippen LogP contribution in [-0.2, 0) is 0 Å². The van der Waals surface area contributed by atoms with Crippen molar-refractivity contribution in [2.24, 2.45) is 5.73 Å². The van der Waals surface area contributed by atoms with Crippen molar-refractivity contribution in [1.82, 2.24) is 0 Å². The van der Waals surface area contributed by atoms with Gasteiger partial charge in [0.15, 0.2) is 0 Å². The first-order chi connectivity index (χ1) is 8.66. The molecular weight excluding hydrogens is 236 g/mol. The molecule has 4 heteroatoms. The van der Waals surface area contributed by atoms with Crippen molar-refractivity contribution >= 4 is 0 Å². The third kappa shape index (κ3) is 3.05. The van der Waals surface area contributed by atoms with E-state index < -0.39 is 12.5 Å². The summed E-state index contributed by atoms with van der Waals surface area (Å²) < 4.78 is 30.6. The number of halogens is 2. The number of ether oxygens (including phenoxy) is 1. The summed E-state index contributed by atoms with van der Waals surface area (Å²) >= 11 is 0. The lowest BCUT2D eigenvalue weighted by atomic mass is 10.1. The Morgan fingerprint density at radius 2 is 1.56 bits per heavy atom. The number of benzene rings is 2. The van der Waals surface area contributed by atoms with Crippen molar-refractivity contribution in [1.29, 1.82) is 0 Å². The van der Waals surface area contributed by atoms with Crippen LogP contribution in [-0.4, -0.2) is 6.43 Å². The van der Waals surface area contributed by atoms with Gasteiger partial charge in [0.05, 0.1) is 6.04 Å². The van der Waals surface area contributed by atoms with Crippen LogP contribution < -0.4 is 10.5 Å². The van der Waals surface area contributed by atoms with Gasteiger partial charge in [-0.1, -0.05) is 30.3 Å². The second-order valence-electron chi connectivity index (χ2n) is 3.85. The molecule has 2 nitrogen and oxygen atoms in total. The summed E-state index contributed by atoms with van der Waals surface area (Å²) in [6.45, 7) is 0. The molecule has 94 valence electrons. The molecule has 2 rings (SSSR count). The Kier molecular flexibility index (Phi) is 3.89. The number of rotatable bonds is 4. The molecule has 0 amide bonds. The van der Waals surface area contributed by atoms with E-state index in [1.54, 1.807) is 30.3 Å². The summed E-state index contributed by atoms with van der Waals surface area (Å²) in [6, 6.07) is 14.3. The van der Waals surface area contributed by atoms with Crippen LogP contribution in [0.3, 0.4) is 0 Å². The molecule has 0 saturated heterocycles. The minimum Gasteiger partial charge on any atom is -0.457 e. The fraction of sp³-hybridized carbons (Fsp3) is 0.143. The van der Waals surface area contributed by atoms with Crippen molar-refractivity contribution in [2.75, 3.05) is 0 Å². The van der Waals surface area contributed by atoms with Gasteiger partial charge in [0.2, 0.25) is 0 Å². The first kappa shape index (κ1) is 12.5. The molecule has 1 unspecified atom stereocenters. The zero-order valence-corrected chi connectivity index (χ0v) is 9.59. The smallest absolute Gasteiger partial charge is 0.257 e. The SMILES string of the molecule is NC(c1cccc(Oc2ccccc2)c1)C(F)F. The van der Waals surface area contributed by atoms with Crippen molar-refractivity contribution < 1.29 is 13.5 Å². The molecule has 18 heavy (non-hydrogen) atoms. The van der Waals surface area contributed by atoms with E-state index in [-0.39, 0.29) is 0 Å². The van der Waals surface area contributed by atoms with E-state index in [0.29, 0.717) is 17.1 Å². The van der Waals surface area contributed by atoms with Crippen LogP contribution >= 0.6 is 0 Å². The quantitative estimate of drug-likeness (QED) is 0.895. The molecule has 0 aliphatic rings. The van der Waals surface area contributed by atoms with E-state index in [2.05, 4.69) is 0 Å². The van der Waals surface area contributed by atoms with Crippen molar-refractivity contribution in [2.45, 2.75) is 12.5 Å². The lowest BCUT2D eigenvalue weighted by molar-refractivity contribution is 0.116. The van der Waals surface area contributed by atoms with E-state index in [1.165, 1.54) is 6.07 Å². The molecule has 2 N–H and O–H groups in total. The number of alkyl halides is 2. The number of nitrogens with two attached hydrogens (primary N) is 1. The van der Waals surface area contributed by atoms with Gasteiger partial charge >= 0.3 is 0 Å². The minimum atomic E-state index is -2.59. The molecule has 0 aromatic heterocycles. The first-order valence-corrected chi connectivity index (χ1v) is 5.53. The lowest BCUT2D eigenvalue weighted by Gasteiger charge is -2.12. The summed E-state index contributed by atoms with van der Waals surface area (Å²) in [6.07, 6.45) is -2.59. The highest BCUT2D eigenvalue weighted by Gasteiger charge is 2.17. The van der Waals surface area contributed by atoms with Gasteiger partial charge in [-0.05, 0) is 29.8 Å². The maximum Gasteiger partial charge on any atom is 0.257 e. The highest BCUT2D eigenvalue weighted by Crippen LogP contribution is 2.25. The van der Waals surface area contributed by atoms with Crippen LogP contribution in [0.5, 0.6) is 11.5 Å². The highest BCUT2D eigenvalue weighted by atomic mass is 19.3. The molecule has 2 aromatic carbocycles. The predicted molar refractivity (Wildman–Crippen MR) is 65.9 cm³/mol. The monoisotopic (exact) mass is 249 g/mol. The average Bonchev–Trinajstić information content (AvgIpc) is 2.39. The minimum absolute atomic E-state index is 0.360. The summed E-state index contributed by atoms with van der Waals surface area (Å²) in [5.74, 6) is 1.15. The van der Waals surface area contributed by atoms with Gasteiger partial charge in [0, 0.05) is 0 Å². The number of hydrogen-bond donors (Lipinski definition) is 1. The third-order valence-corrected chi connectivity index (χ3v) is 2.49. The Balaban J connectivity index is 2.18. The Morgan fingerprint density at radius 3 is 2.22 bits per heavy atom. The molecule has 0 radical (unpaired) electrons. The van der Waals surface area contributed by atoms with Crippen molar-refractivity contribution in [3.05, 3.63) is 60.2 Å². The van der Waals surface area contributed by atoms with Crippen LogP contribution in [0.1, 0.15) is 11.6 Å². The van der Waals surface area contributed by atoms with Gasteiger partial charge < -0.3 is 10.5 Å². The van der Waals surface area contributed by atoms with Gasteiger partial charge in [0.1, 0.15) is 11.5 Å². The van der Waals surface area contributed by atoms with E-state index in [0.717, 1.165) is 0 Å². The van der Waals surface area contributed by atoms with E-state index in [9.17, 15) is 8.78 Å². The van der Waals surface area contributed by atoms with Gasteiger partial charge in [0.25, 0.3) is 6.43 Å². The van der Waals surface area contributed by atoms with E-state index in [4.69, 9.17) is 10.5 Å². The molecule has 2 aromatic rings. The normalized spacial score (nSPS) is 12.4. The van der Waals surface area contributed by atoms with Crippen molar-refractivity contribution in [3.8, 4) is 11.5 Å². The molecule has 1 atom stereocenters. The van der Waals surface area contributed by atoms with Crippen LogP contribution in [0.15, 0.2) is 54.6 Å². The van der Waals surface area contributed by atoms with Gasteiger partial charge in [-0.3, -0.25) is 0 Å². The predicted octanol–water partition coefficient (Wildman–Crippen LogP) is 3.74. The third-order valence-electron chi connectivity index (χ3n) is 2.49. The Morgan fingerprint density at radius 1 is 0.889 bits per heavy atom. The van der Waals surface area contributed by atoms with Crippen LogP contribution in [0.25, 0.3) is 0 Å². The van der Waals surface area contributed by atoms with Crippen LogP contribution in [0.2, 0.25) is 0 Å². The molecular formula is C14H13F2NO. The maximum atomic E-state index is 12.5. The Hall–Kier alpha value is -1.94. The Labute approximate surface area is 104 Å². The average molecular weight is 249 g/mol. The molecule has 0 bridgehead atoms. The number of para-hydroxylation sites is 1. The molecule has 0 aliphatic heterocycles. The fourth-order valence-electron chi connectivity index (χ4n) is 1.56. The van der Waals surface area contributed by atoms with Gasteiger partial charge in [-0.15, -0.1) is 0 Å². The second kappa shape index (κ2) is 5.60. The topological polar surface area (TPSA) is 35.2 Å². The van der Waals surface area contributed by atoms with E-state index in [1.807, 2.05) is 18.2 Å². The van der Waals surface area contributed by atoms with Crippen LogP contribution in [0.4, 0.5) is 8.78 Å². The van der Waals surface area contributed by atoms with Crippen LogP contribution in [0, 0.1) is 0 Å². The van der Waals surface area contributed by atoms with Gasteiger partial charge in [-0.2, -0.15) is 0 Å². The van der Waals surface area contributed by atoms with Gasteiger partial charge in [-0.25, -0.2) is 8.78 Å². The van der Waals surface area contributed by atoms with E-state index >= 15 is 0 Å².